The van der Waals surface area contributed by atoms with Gasteiger partial charge in [0, 0.05) is 7.05 Å². The maximum Gasteiger partial charge on any atom is 0.277 e. The number of hydrogen-bond acceptors (Lipinski definition) is 4. The van der Waals surface area contributed by atoms with Crippen LogP contribution in [0.25, 0.3) is 11.6 Å². The summed E-state index contributed by atoms with van der Waals surface area (Å²) in [5.74, 6) is 0.375. The molecule has 0 radical (unpaired) electrons. The summed E-state index contributed by atoms with van der Waals surface area (Å²) >= 11 is 5.48. The van der Waals surface area contributed by atoms with Crippen LogP contribution in [0.1, 0.15) is 0 Å². The highest BCUT2D eigenvalue weighted by Crippen LogP contribution is 2.16. The highest BCUT2D eigenvalue weighted by atomic mass is 35.5. The lowest BCUT2D eigenvalue weighted by Gasteiger charge is -1.92. The van der Waals surface area contributed by atoms with Gasteiger partial charge in [0.1, 0.15) is 5.69 Å². The van der Waals surface area contributed by atoms with Crippen molar-refractivity contribution in [3.05, 3.63) is 17.8 Å². The Hall–Kier alpha value is -1.36. The quantitative estimate of drug-likeness (QED) is 0.667. The van der Waals surface area contributed by atoms with Crippen molar-refractivity contribution in [2.75, 3.05) is 0 Å². The number of rotatable bonds is 1. The molecule has 2 rings (SSSR count). The van der Waals surface area contributed by atoms with Gasteiger partial charge in [0.2, 0.25) is 0 Å². The van der Waals surface area contributed by atoms with Gasteiger partial charge in [-0.2, -0.15) is 4.98 Å². The molecule has 0 aromatic carbocycles. The third kappa shape index (κ3) is 1.08. The largest absolute Gasteiger partial charge is 0.331 e. The number of aryl methyl sites for hydroxylation is 1. The van der Waals surface area contributed by atoms with Crippen molar-refractivity contribution < 1.29 is 4.52 Å². The van der Waals surface area contributed by atoms with Crippen LogP contribution in [0.5, 0.6) is 0 Å². The van der Waals surface area contributed by atoms with Crippen LogP contribution in [0.15, 0.2) is 17.0 Å². The van der Waals surface area contributed by atoms with E-state index >= 15 is 0 Å². The van der Waals surface area contributed by atoms with E-state index in [0.29, 0.717) is 5.89 Å². The molecule has 0 saturated carbocycles. The Morgan fingerprint density at radius 1 is 1.58 bits per heavy atom. The zero-order valence-corrected chi connectivity index (χ0v) is 6.99. The first-order valence-corrected chi connectivity index (χ1v) is 3.61. The maximum absolute atomic E-state index is 5.48. The topological polar surface area (TPSA) is 56.7 Å². The van der Waals surface area contributed by atoms with Gasteiger partial charge < -0.3 is 9.09 Å². The van der Waals surface area contributed by atoms with E-state index in [4.69, 9.17) is 16.1 Å². The van der Waals surface area contributed by atoms with E-state index in [9.17, 15) is 0 Å². The van der Waals surface area contributed by atoms with E-state index < -0.39 is 0 Å². The third-order valence-electron chi connectivity index (χ3n) is 1.44. The van der Waals surface area contributed by atoms with Crippen LogP contribution in [-0.4, -0.2) is 19.7 Å². The molecule has 2 heterocycles. The zero-order chi connectivity index (χ0) is 8.55. The van der Waals surface area contributed by atoms with E-state index in [1.54, 1.807) is 17.1 Å². The Balaban J connectivity index is 2.50. The molecule has 2 aromatic heterocycles. The Bertz CT molecular complexity index is 394. The standard InChI is InChI=1S/C6H5ClN4O/c1-11-3-8-2-4(11)5-9-6(7)10-12-5/h2-3H,1H3. The lowest BCUT2D eigenvalue weighted by Crippen LogP contribution is -1.88. The van der Waals surface area contributed by atoms with Crippen LogP contribution in [0.4, 0.5) is 0 Å². The van der Waals surface area contributed by atoms with Crippen molar-refractivity contribution in [3.63, 3.8) is 0 Å². The second-order valence-corrected chi connectivity index (χ2v) is 2.60. The predicted octanol–water partition coefficient (Wildman–Crippen LogP) is 1.12. The molecule has 0 atom stereocenters. The lowest BCUT2D eigenvalue weighted by molar-refractivity contribution is 0.427. The molecular weight excluding hydrogens is 180 g/mol. The van der Waals surface area contributed by atoms with Crippen LogP contribution >= 0.6 is 11.6 Å². The summed E-state index contributed by atoms with van der Waals surface area (Å²) in [6, 6.07) is 0. The highest BCUT2D eigenvalue weighted by molar-refractivity contribution is 6.28. The maximum atomic E-state index is 5.48. The van der Waals surface area contributed by atoms with Gasteiger partial charge in [-0.1, -0.05) is 0 Å². The monoisotopic (exact) mass is 184 g/mol. The first-order valence-electron chi connectivity index (χ1n) is 3.23. The van der Waals surface area contributed by atoms with Crippen LogP contribution in [0.3, 0.4) is 0 Å². The van der Waals surface area contributed by atoms with Crippen LogP contribution in [0, 0.1) is 0 Å². The highest BCUT2D eigenvalue weighted by Gasteiger charge is 2.09. The minimum Gasteiger partial charge on any atom is -0.331 e. The summed E-state index contributed by atoms with van der Waals surface area (Å²) in [4.78, 5) is 7.74. The average molecular weight is 185 g/mol. The summed E-state index contributed by atoms with van der Waals surface area (Å²) in [6.07, 6.45) is 3.28. The van der Waals surface area contributed by atoms with Crippen molar-refractivity contribution in [3.8, 4) is 11.6 Å². The number of halogens is 1. The second-order valence-electron chi connectivity index (χ2n) is 2.26. The third-order valence-corrected chi connectivity index (χ3v) is 1.59. The van der Waals surface area contributed by atoms with Gasteiger partial charge in [0.05, 0.1) is 12.5 Å². The van der Waals surface area contributed by atoms with Crippen LogP contribution < -0.4 is 0 Å². The smallest absolute Gasteiger partial charge is 0.277 e. The Kier molecular flexibility index (Phi) is 1.58. The molecule has 12 heavy (non-hydrogen) atoms. The summed E-state index contributed by atoms with van der Waals surface area (Å²) in [5.41, 5.74) is 0.745. The summed E-state index contributed by atoms with van der Waals surface area (Å²) in [5, 5.41) is 3.55. The number of hydrogen-bond donors (Lipinski definition) is 0. The minimum atomic E-state index is 0.103. The van der Waals surface area contributed by atoms with Gasteiger partial charge in [0.15, 0.2) is 0 Å². The fraction of sp³-hybridized carbons (Fsp3) is 0.167. The van der Waals surface area contributed by atoms with Gasteiger partial charge in [-0.05, 0) is 16.8 Å². The predicted molar refractivity (Wildman–Crippen MR) is 41.5 cm³/mol. The molecule has 6 heteroatoms. The lowest BCUT2D eigenvalue weighted by atomic mass is 10.5. The van der Waals surface area contributed by atoms with E-state index in [-0.39, 0.29) is 5.28 Å². The van der Waals surface area contributed by atoms with Gasteiger partial charge in [-0.15, -0.1) is 0 Å². The number of nitrogens with zero attached hydrogens (tertiary/aromatic N) is 4. The van der Waals surface area contributed by atoms with E-state index in [2.05, 4.69) is 15.1 Å². The van der Waals surface area contributed by atoms with Crippen molar-refractivity contribution in [2.45, 2.75) is 0 Å². The van der Waals surface area contributed by atoms with E-state index in [1.807, 2.05) is 7.05 Å². The van der Waals surface area contributed by atoms with Gasteiger partial charge >= 0.3 is 0 Å². The summed E-state index contributed by atoms with van der Waals surface area (Å²) < 4.78 is 6.60. The first-order chi connectivity index (χ1) is 5.77. The molecule has 0 aliphatic heterocycles. The fourth-order valence-corrected chi connectivity index (χ4v) is 0.984. The molecule has 2 aromatic rings. The van der Waals surface area contributed by atoms with Crippen LogP contribution in [0.2, 0.25) is 5.28 Å². The second kappa shape index (κ2) is 2.60. The number of aromatic nitrogens is 4. The molecule has 0 aliphatic carbocycles. The van der Waals surface area contributed by atoms with E-state index in [0.717, 1.165) is 5.69 Å². The zero-order valence-electron chi connectivity index (χ0n) is 6.23. The van der Waals surface area contributed by atoms with Crippen LogP contribution in [-0.2, 0) is 7.05 Å². The van der Waals surface area contributed by atoms with E-state index in [1.165, 1.54) is 0 Å². The van der Waals surface area contributed by atoms with Crippen molar-refractivity contribution in [2.24, 2.45) is 7.05 Å². The molecule has 0 aliphatic rings. The van der Waals surface area contributed by atoms with Gasteiger partial charge in [-0.25, -0.2) is 4.98 Å². The normalized spacial score (nSPS) is 10.5. The van der Waals surface area contributed by atoms with Crippen molar-refractivity contribution >= 4 is 11.6 Å². The fourth-order valence-electron chi connectivity index (χ4n) is 0.873. The molecule has 0 amide bonds. The summed E-state index contributed by atoms with van der Waals surface area (Å²) in [6.45, 7) is 0. The molecule has 5 nitrogen and oxygen atoms in total. The van der Waals surface area contributed by atoms with Crippen molar-refractivity contribution in [1.82, 2.24) is 19.7 Å². The van der Waals surface area contributed by atoms with Crippen molar-refractivity contribution in [1.29, 1.82) is 0 Å². The molecule has 0 N–H and O–H groups in total. The molecular formula is C6H5ClN4O. The minimum absolute atomic E-state index is 0.103. The average Bonchev–Trinajstić information content (AvgIpc) is 2.58. The molecule has 0 spiro atoms. The summed E-state index contributed by atoms with van der Waals surface area (Å²) in [7, 11) is 1.83. The van der Waals surface area contributed by atoms with Gasteiger partial charge in [-0.3, -0.25) is 0 Å². The Morgan fingerprint density at radius 3 is 2.92 bits per heavy atom. The molecule has 0 saturated heterocycles. The first kappa shape index (κ1) is 7.30. The SMILES string of the molecule is Cn1cncc1-c1nc(Cl)no1. The molecule has 62 valence electrons. The molecule has 0 fully saturated rings. The number of imidazole rings is 1. The Labute approximate surface area is 73.0 Å². The Morgan fingerprint density at radius 2 is 2.42 bits per heavy atom. The molecule has 0 bridgehead atoms. The molecule has 0 unspecified atom stereocenters. The van der Waals surface area contributed by atoms with Gasteiger partial charge in [0.25, 0.3) is 11.2 Å².